The van der Waals surface area contributed by atoms with Gasteiger partial charge in [-0.3, -0.25) is 4.79 Å². The summed E-state index contributed by atoms with van der Waals surface area (Å²) in [5.41, 5.74) is 0.137. The highest BCUT2D eigenvalue weighted by molar-refractivity contribution is 9.11. The summed E-state index contributed by atoms with van der Waals surface area (Å²) in [6.45, 7) is 5.11. The molecule has 0 aromatic carbocycles. The summed E-state index contributed by atoms with van der Waals surface area (Å²) in [5.74, 6) is 0.811. The van der Waals surface area contributed by atoms with Crippen molar-refractivity contribution in [3.63, 3.8) is 0 Å². The number of rotatable bonds is 7. The lowest BCUT2D eigenvalue weighted by Crippen LogP contribution is -2.34. The Balaban J connectivity index is 3.12. The first-order valence-electron chi connectivity index (χ1n) is 6.64. The first kappa shape index (κ1) is 17.3. The Morgan fingerprint density at radius 1 is 1.26 bits per heavy atom. The van der Waals surface area contributed by atoms with E-state index in [2.05, 4.69) is 58.3 Å². The fraction of sp³-hybridized carbons (Fsp3) is 0.643. The van der Waals surface area contributed by atoms with Crippen LogP contribution >= 0.6 is 44.5 Å². The predicted molar refractivity (Wildman–Crippen MR) is 92.2 cm³/mol. The van der Waals surface area contributed by atoms with Crippen molar-refractivity contribution in [1.82, 2.24) is 4.57 Å². The molecule has 0 spiro atoms. The number of thiol groups is 1. The Labute approximate surface area is 137 Å². The van der Waals surface area contributed by atoms with Crippen molar-refractivity contribution >= 4 is 44.5 Å². The summed E-state index contributed by atoms with van der Waals surface area (Å²) in [4.78, 5) is 12.2. The fourth-order valence-electron chi connectivity index (χ4n) is 2.60. The molecule has 0 amide bonds. The van der Waals surface area contributed by atoms with Crippen LogP contribution in [0.2, 0.25) is 0 Å². The number of aromatic nitrogens is 1. The van der Waals surface area contributed by atoms with Crippen molar-refractivity contribution in [2.75, 3.05) is 5.75 Å². The second-order valence-electron chi connectivity index (χ2n) is 5.10. The molecule has 0 bridgehead atoms. The molecule has 0 saturated heterocycles. The van der Waals surface area contributed by atoms with Crippen molar-refractivity contribution in [1.29, 1.82) is 0 Å². The van der Waals surface area contributed by atoms with Gasteiger partial charge in [0.25, 0.3) is 5.56 Å². The molecule has 108 valence electrons. The number of hydrogen-bond donors (Lipinski definition) is 1. The van der Waals surface area contributed by atoms with Crippen molar-refractivity contribution in [3.8, 4) is 0 Å². The zero-order valence-corrected chi connectivity index (χ0v) is 15.5. The Kier molecular flexibility index (Phi) is 7.19. The van der Waals surface area contributed by atoms with Crippen LogP contribution in [-0.2, 0) is 6.54 Å². The van der Waals surface area contributed by atoms with Gasteiger partial charge in [0, 0.05) is 17.2 Å². The number of nitrogens with zero attached hydrogens (tertiary/aromatic N) is 1. The van der Waals surface area contributed by atoms with Gasteiger partial charge in [-0.05, 0) is 61.9 Å². The highest BCUT2D eigenvalue weighted by Crippen LogP contribution is 2.33. The monoisotopic (exact) mass is 409 g/mol. The number of halogens is 2. The topological polar surface area (TPSA) is 22.0 Å². The van der Waals surface area contributed by atoms with Gasteiger partial charge in [-0.1, -0.05) is 26.7 Å². The highest BCUT2D eigenvalue weighted by Gasteiger charge is 2.28. The van der Waals surface area contributed by atoms with E-state index in [4.69, 9.17) is 0 Å². The smallest absolute Gasteiger partial charge is 0.264 e. The zero-order valence-electron chi connectivity index (χ0n) is 11.5. The van der Waals surface area contributed by atoms with E-state index in [9.17, 15) is 4.79 Å². The zero-order chi connectivity index (χ0) is 14.5. The van der Waals surface area contributed by atoms with Crippen molar-refractivity contribution in [2.24, 2.45) is 5.41 Å². The number of hydrogen-bond acceptors (Lipinski definition) is 2. The quantitative estimate of drug-likeness (QED) is 0.635. The van der Waals surface area contributed by atoms with Crippen LogP contribution in [0.5, 0.6) is 0 Å². The Hall–Kier alpha value is 0.260. The number of pyridine rings is 1. The van der Waals surface area contributed by atoms with Gasteiger partial charge in [-0.2, -0.15) is 12.6 Å². The van der Waals surface area contributed by atoms with E-state index < -0.39 is 0 Å². The molecule has 0 radical (unpaired) electrons. The molecule has 1 aromatic heterocycles. The van der Waals surface area contributed by atoms with E-state index in [1.807, 2.05) is 6.20 Å². The van der Waals surface area contributed by atoms with E-state index in [0.29, 0.717) is 4.47 Å². The molecule has 0 unspecified atom stereocenters. The molecule has 2 nitrogen and oxygen atoms in total. The Morgan fingerprint density at radius 3 is 2.32 bits per heavy atom. The molecule has 5 heteroatoms. The second-order valence-corrected chi connectivity index (χ2v) is 7.18. The summed E-state index contributed by atoms with van der Waals surface area (Å²) in [7, 11) is 0. The van der Waals surface area contributed by atoms with Crippen LogP contribution in [-0.4, -0.2) is 10.3 Å². The molecule has 0 N–H and O–H groups in total. The molecular weight excluding hydrogens is 390 g/mol. The second kappa shape index (κ2) is 7.89. The molecule has 1 aromatic rings. The Bertz CT molecular complexity index is 467. The third-order valence-corrected chi connectivity index (χ3v) is 5.08. The minimum absolute atomic E-state index is 0.0292. The molecule has 0 atom stereocenters. The maximum Gasteiger partial charge on any atom is 0.264 e. The summed E-state index contributed by atoms with van der Waals surface area (Å²) < 4.78 is 3.32. The Morgan fingerprint density at radius 2 is 1.84 bits per heavy atom. The molecule has 1 rings (SSSR count). The summed E-state index contributed by atoms with van der Waals surface area (Å²) in [5, 5.41) is 0. The minimum atomic E-state index is 0.0292. The van der Waals surface area contributed by atoms with Crippen LogP contribution in [0.3, 0.4) is 0 Å². The molecule has 0 fully saturated rings. The largest absolute Gasteiger partial charge is 0.313 e. The maximum absolute atomic E-state index is 12.2. The molecule has 0 aliphatic rings. The first-order chi connectivity index (χ1) is 8.98. The van der Waals surface area contributed by atoms with Crippen LogP contribution in [0.25, 0.3) is 0 Å². The summed E-state index contributed by atoms with van der Waals surface area (Å²) in [6.07, 6.45) is 6.30. The molecule has 19 heavy (non-hydrogen) atoms. The SMILES string of the molecule is CCCC(CS)(CCC)Cn1cc(Br)cc(Br)c1=O. The third-order valence-electron chi connectivity index (χ3n) is 3.41. The van der Waals surface area contributed by atoms with Crippen LogP contribution in [0.4, 0.5) is 0 Å². The van der Waals surface area contributed by atoms with E-state index in [0.717, 1.165) is 42.5 Å². The van der Waals surface area contributed by atoms with Crippen LogP contribution in [0.15, 0.2) is 26.0 Å². The third kappa shape index (κ3) is 4.64. The first-order valence-corrected chi connectivity index (χ1v) is 8.86. The lowest BCUT2D eigenvalue weighted by atomic mass is 9.81. The van der Waals surface area contributed by atoms with Crippen LogP contribution in [0.1, 0.15) is 39.5 Å². The maximum atomic E-state index is 12.2. The molecule has 0 aliphatic carbocycles. The average molecular weight is 411 g/mol. The lowest BCUT2D eigenvalue weighted by molar-refractivity contribution is 0.228. The fourth-order valence-corrected chi connectivity index (χ4v) is 4.27. The van der Waals surface area contributed by atoms with Gasteiger partial charge in [0.05, 0.1) is 4.47 Å². The van der Waals surface area contributed by atoms with Gasteiger partial charge < -0.3 is 4.57 Å². The van der Waals surface area contributed by atoms with Gasteiger partial charge in [0.1, 0.15) is 0 Å². The van der Waals surface area contributed by atoms with Gasteiger partial charge >= 0.3 is 0 Å². The standard InChI is InChI=1S/C14H21Br2NOS/c1-3-5-14(10-19,6-4-2)9-17-8-11(15)7-12(16)13(17)18/h7-8,19H,3-6,9-10H2,1-2H3. The summed E-state index contributed by atoms with van der Waals surface area (Å²) in [6, 6.07) is 1.79. The lowest BCUT2D eigenvalue weighted by Gasteiger charge is -2.32. The normalized spacial score (nSPS) is 11.8. The van der Waals surface area contributed by atoms with Gasteiger partial charge in [-0.15, -0.1) is 0 Å². The van der Waals surface area contributed by atoms with Crippen molar-refractivity contribution < 1.29 is 0 Å². The van der Waals surface area contributed by atoms with E-state index in [1.54, 1.807) is 10.6 Å². The minimum Gasteiger partial charge on any atom is -0.313 e. The van der Waals surface area contributed by atoms with Gasteiger partial charge in [0.2, 0.25) is 0 Å². The highest BCUT2D eigenvalue weighted by atomic mass is 79.9. The molecular formula is C14H21Br2NOS. The van der Waals surface area contributed by atoms with Crippen LogP contribution in [0, 0.1) is 5.41 Å². The van der Waals surface area contributed by atoms with Crippen molar-refractivity contribution in [2.45, 2.75) is 46.1 Å². The average Bonchev–Trinajstić information content (AvgIpc) is 2.36. The van der Waals surface area contributed by atoms with Gasteiger partial charge in [-0.25, -0.2) is 0 Å². The summed E-state index contributed by atoms with van der Waals surface area (Å²) >= 11 is 11.3. The molecule has 0 aliphatic heterocycles. The van der Waals surface area contributed by atoms with Crippen molar-refractivity contribution in [3.05, 3.63) is 31.6 Å². The molecule has 0 saturated carbocycles. The van der Waals surface area contributed by atoms with Crippen LogP contribution < -0.4 is 5.56 Å². The van der Waals surface area contributed by atoms with E-state index in [1.165, 1.54) is 0 Å². The van der Waals surface area contributed by atoms with Gasteiger partial charge in [0.15, 0.2) is 0 Å². The molecule has 1 heterocycles. The van der Waals surface area contributed by atoms with E-state index in [-0.39, 0.29) is 11.0 Å². The van der Waals surface area contributed by atoms with E-state index >= 15 is 0 Å². The predicted octanol–water partition coefficient (Wildman–Crippen LogP) is 4.89.